The molecule has 3 rings (SSSR count). The Kier molecular flexibility index (Phi) is 3.52. The first-order valence-electron chi connectivity index (χ1n) is 6.58. The zero-order chi connectivity index (χ0) is 13.9. The van der Waals surface area contributed by atoms with Crippen molar-refractivity contribution in [3.05, 3.63) is 47.5 Å². The lowest BCUT2D eigenvalue weighted by Crippen LogP contribution is -1.97. The zero-order valence-electron chi connectivity index (χ0n) is 11.2. The molecule has 0 saturated carbocycles. The average Bonchev–Trinajstić information content (AvgIpc) is 2.90. The van der Waals surface area contributed by atoms with Gasteiger partial charge >= 0.3 is 0 Å². The topological polar surface area (TPSA) is 42.8 Å². The Morgan fingerprint density at radius 2 is 2.00 bits per heavy atom. The van der Waals surface area contributed by atoms with Crippen molar-refractivity contribution in [2.75, 3.05) is 6.61 Å². The second-order valence-corrected chi connectivity index (χ2v) is 4.90. The van der Waals surface area contributed by atoms with Gasteiger partial charge in [0.05, 0.1) is 12.3 Å². The van der Waals surface area contributed by atoms with Gasteiger partial charge < -0.3 is 4.74 Å². The molecule has 0 unspecified atom stereocenters. The van der Waals surface area contributed by atoms with Crippen molar-refractivity contribution in [1.29, 1.82) is 0 Å². The summed E-state index contributed by atoms with van der Waals surface area (Å²) in [6.45, 7) is 2.82. The Labute approximate surface area is 122 Å². The summed E-state index contributed by atoms with van der Waals surface area (Å²) in [5.74, 6) is 0.904. The van der Waals surface area contributed by atoms with E-state index < -0.39 is 0 Å². The van der Waals surface area contributed by atoms with Gasteiger partial charge in [-0.1, -0.05) is 31.2 Å². The summed E-state index contributed by atoms with van der Waals surface area (Å²) in [6.07, 6.45) is 2.68. The monoisotopic (exact) mass is 285 g/mol. The molecule has 0 bridgehead atoms. The second kappa shape index (κ2) is 5.46. The van der Waals surface area contributed by atoms with E-state index in [0.717, 1.165) is 28.6 Å². The minimum absolute atomic E-state index is 0.581. The first kappa shape index (κ1) is 12.9. The molecule has 0 aliphatic rings. The first-order chi connectivity index (χ1) is 9.81. The van der Waals surface area contributed by atoms with E-state index in [1.54, 1.807) is 6.33 Å². The molecule has 0 aliphatic carbocycles. The Balaban J connectivity index is 2.21. The van der Waals surface area contributed by atoms with Crippen LogP contribution >= 0.6 is 12.2 Å². The normalized spacial score (nSPS) is 10.8. The molecule has 5 heteroatoms. The SMILES string of the molecule is CCCOc1cccc2c(-n3cn[nH]c3=S)cccc12. The third kappa shape index (κ3) is 2.20. The predicted molar refractivity (Wildman–Crippen MR) is 82.0 cm³/mol. The van der Waals surface area contributed by atoms with Gasteiger partial charge in [-0.2, -0.15) is 5.10 Å². The van der Waals surface area contributed by atoms with E-state index in [0.29, 0.717) is 11.4 Å². The fourth-order valence-corrected chi connectivity index (χ4v) is 2.43. The Hall–Kier alpha value is -2.14. The second-order valence-electron chi connectivity index (χ2n) is 4.51. The number of aromatic nitrogens is 3. The van der Waals surface area contributed by atoms with Gasteiger partial charge in [-0.25, -0.2) is 0 Å². The van der Waals surface area contributed by atoms with Gasteiger partial charge in [0.15, 0.2) is 4.77 Å². The molecule has 3 aromatic rings. The van der Waals surface area contributed by atoms with Crippen LogP contribution in [0, 0.1) is 4.77 Å². The summed E-state index contributed by atoms with van der Waals surface area (Å²) in [5.41, 5.74) is 1.00. The third-order valence-corrected chi connectivity index (χ3v) is 3.42. The van der Waals surface area contributed by atoms with Crippen LogP contribution in [-0.4, -0.2) is 21.4 Å². The predicted octanol–water partition coefficient (Wildman–Crippen LogP) is 3.87. The van der Waals surface area contributed by atoms with Crippen LogP contribution < -0.4 is 4.74 Å². The van der Waals surface area contributed by atoms with Crippen molar-refractivity contribution in [2.24, 2.45) is 0 Å². The molecule has 0 atom stereocenters. The Morgan fingerprint density at radius 3 is 2.75 bits per heavy atom. The van der Waals surface area contributed by atoms with Crippen molar-refractivity contribution in [3.63, 3.8) is 0 Å². The van der Waals surface area contributed by atoms with Crippen molar-refractivity contribution in [1.82, 2.24) is 14.8 Å². The van der Waals surface area contributed by atoms with Gasteiger partial charge in [-0.15, -0.1) is 0 Å². The molecule has 0 fully saturated rings. The molecule has 102 valence electrons. The maximum atomic E-state index is 5.81. The lowest BCUT2D eigenvalue weighted by atomic mass is 10.1. The van der Waals surface area contributed by atoms with E-state index in [1.807, 2.05) is 28.8 Å². The van der Waals surface area contributed by atoms with Gasteiger partial charge in [0.2, 0.25) is 0 Å². The highest BCUT2D eigenvalue weighted by Crippen LogP contribution is 2.30. The van der Waals surface area contributed by atoms with E-state index in [4.69, 9.17) is 17.0 Å². The van der Waals surface area contributed by atoms with E-state index in [1.165, 1.54) is 0 Å². The summed E-state index contributed by atoms with van der Waals surface area (Å²) in [7, 11) is 0. The maximum Gasteiger partial charge on any atom is 0.199 e. The summed E-state index contributed by atoms with van der Waals surface area (Å²) in [4.78, 5) is 0. The lowest BCUT2D eigenvalue weighted by molar-refractivity contribution is 0.321. The highest BCUT2D eigenvalue weighted by Gasteiger charge is 2.08. The summed E-state index contributed by atoms with van der Waals surface area (Å²) >= 11 is 5.25. The number of hydrogen-bond donors (Lipinski definition) is 1. The molecule has 1 N–H and O–H groups in total. The number of ether oxygens (including phenoxy) is 1. The largest absolute Gasteiger partial charge is 0.493 e. The minimum Gasteiger partial charge on any atom is -0.493 e. The third-order valence-electron chi connectivity index (χ3n) is 3.13. The first-order valence-corrected chi connectivity index (χ1v) is 6.99. The number of benzene rings is 2. The lowest BCUT2D eigenvalue weighted by Gasteiger charge is -2.11. The van der Waals surface area contributed by atoms with E-state index in [2.05, 4.69) is 29.3 Å². The van der Waals surface area contributed by atoms with Gasteiger partial charge in [-0.05, 0) is 30.8 Å². The van der Waals surface area contributed by atoms with Crippen molar-refractivity contribution >= 4 is 23.0 Å². The average molecular weight is 285 g/mol. The molecule has 0 radical (unpaired) electrons. The standard InChI is InChI=1S/C15H15N3OS/c1-2-9-19-14-8-4-5-11-12(14)6-3-7-13(11)18-10-16-17-15(18)20/h3-8,10H,2,9H2,1H3,(H,17,20). The molecule has 1 aromatic heterocycles. The highest BCUT2D eigenvalue weighted by atomic mass is 32.1. The van der Waals surface area contributed by atoms with Crippen LogP contribution in [0.15, 0.2) is 42.7 Å². The number of nitrogens with one attached hydrogen (secondary N) is 1. The van der Waals surface area contributed by atoms with Crippen LogP contribution in [0.5, 0.6) is 5.75 Å². The molecular formula is C15H15N3OS. The number of fused-ring (bicyclic) bond motifs is 1. The summed E-state index contributed by atoms with van der Waals surface area (Å²) in [5, 5.41) is 8.94. The van der Waals surface area contributed by atoms with E-state index in [9.17, 15) is 0 Å². The quantitative estimate of drug-likeness (QED) is 0.740. The smallest absolute Gasteiger partial charge is 0.199 e. The van der Waals surface area contributed by atoms with Gasteiger partial charge in [-0.3, -0.25) is 9.67 Å². The van der Waals surface area contributed by atoms with Crippen molar-refractivity contribution in [3.8, 4) is 11.4 Å². The van der Waals surface area contributed by atoms with E-state index >= 15 is 0 Å². The summed E-state index contributed by atoms with van der Waals surface area (Å²) < 4.78 is 8.26. The number of hydrogen-bond acceptors (Lipinski definition) is 3. The number of H-pyrrole nitrogens is 1. The molecular weight excluding hydrogens is 270 g/mol. The van der Waals surface area contributed by atoms with Crippen LogP contribution in [0.3, 0.4) is 0 Å². The Bertz CT molecular complexity index is 791. The fourth-order valence-electron chi connectivity index (χ4n) is 2.23. The van der Waals surface area contributed by atoms with Gasteiger partial charge in [0, 0.05) is 10.8 Å². The van der Waals surface area contributed by atoms with Crippen LogP contribution in [0.4, 0.5) is 0 Å². The van der Waals surface area contributed by atoms with Crippen molar-refractivity contribution in [2.45, 2.75) is 13.3 Å². The number of nitrogens with zero attached hydrogens (tertiary/aromatic N) is 2. The molecule has 2 aromatic carbocycles. The van der Waals surface area contributed by atoms with E-state index in [-0.39, 0.29) is 0 Å². The summed E-state index contributed by atoms with van der Waals surface area (Å²) in [6, 6.07) is 12.2. The molecule has 1 heterocycles. The van der Waals surface area contributed by atoms with Crippen LogP contribution in [0.25, 0.3) is 16.5 Å². The number of rotatable bonds is 4. The minimum atomic E-state index is 0.581. The fraction of sp³-hybridized carbons (Fsp3) is 0.200. The molecule has 0 aliphatic heterocycles. The molecule has 0 spiro atoms. The molecule has 0 saturated heterocycles. The Morgan fingerprint density at radius 1 is 1.20 bits per heavy atom. The highest BCUT2D eigenvalue weighted by molar-refractivity contribution is 7.71. The zero-order valence-corrected chi connectivity index (χ0v) is 12.0. The van der Waals surface area contributed by atoms with Crippen LogP contribution in [0.2, 0.25) is 0 Å². The van der Waals surface area contributed by atoms with Crippen molar-refractivity contribution < 1.29 is 4.74 Å². The van der Waals surface area contributed by atoms with Crippen LogP contribution in [-0.2, 0) is 0 Å². The van der Waals surface area contributed by atoms with Crippen LogP contribution in [0.1, 0.15) is 13.3 Å². The maximum absolute atomic E-state index is 5.81. The molecule has 4 nitrogen and oxygen atoms in total. The van der Waals surface area contributed by atoms with Gasteiger partial charge in [0.1, 0.15) is 12.1 Å². The molecule has 20 heavy (non-hydrogen) atoms. The molecule has 0 amide bonds. The number of aromatic amines is 1. The van der Waals surface area contributed by atoms with Gasteiger partial charge in [0.25, 0.3) is 0 Å².